The number of hydrogen-bond donors (Lipinski definition) is 0. The van der Waals surface area contributed by atoms with Crippen molar-refractivity contribution >= 4 is 5.91 Å². The highest BCUT2D eigenvalue weighted by Crippen LogP contribution is 2.41. The SMILES string of the molecule is CN1C(=O)C(C(C)(C)C)CC1(C)C. The van der Waals surface area contributed by atoms with Crippen molar-refractivity contribution in [2.75, 3.05) is 7.05 Å². The molecule has 0 aromatic rings. The monoisotopic (exact) mass is 183 g/mol. The minimum absolute atomic E-state index is 0.0367. The number of nitrogens with zero attached hydrogens (tertiary/aromatic N) is 1. The highest BCUT2D eigenvalue weighted by atomic mass is 16.2. The fourth-order valence-corrected chi connectivity index (χ4v) is 1.93. The lowest BCUT2D eigenvalue weighted by Crippen LogP contribution is -2.37. The molecule has 1 heterocycles. The van der Waals surface area contributed by atoms with E-state index in [4.69, 9.17) is 0 Å². The maximum atomic E-state index is 11.9. The van der Waals surface area contributed by atoms with E-state index in [1.54, 1.807) is 0 Å². The van der Waals surface area contributed by atoms with Crippen molar-refractivity contribution < 1.29 is 4.79 Å². The van der Waals surface area contributed by atoms with Crippen LogP contribution in [0.15, 0.2) is 0 Å². The van der Waals surface area contributed by atoms with Crippen LogP contribution in [0.3, 0.4) is 0 Å². The van der Waals surface area contributed by atoms with Gasteiger partial charge in [-0.05, 0) is 25.7 Å². The maximum Gasteiger partial charge on any atom is 0.226 e. The number of carbonyl (C=O) groups excluding carboxylic acids is 1. The number of rotatable bonds is 0. The number of likely N-dealkylation sites (tertiary alicyclic amines) is 1. The van der Waals surface area contributed by atoms with Gasteiger partial charge in [0.2, 0.25) is 5.91 Å². The Morgan fingerprint density at radius 3 is 2.00 bits per heavy atom. The first-order valence-corrected chi connectivity index (χ1v) is 4.94. The number of amides is 1. The van der Waals surface area contributed by atoms with Crippen LogP contribution in [-0.2, 0) is 4.79 Å². The molecule has 2 nitrogen and oxygen atoms in total. The third-order valence-corrected chi connectivity index (χ3v) is 3.29. The Balaban J connectivity index is 2.91. The van der Waals surface area contributed by atoms with Crippen molar-refractivity contribution in [3.05, 3.63) is 0 Å². The van der Waals surface area contributed by atoms with Crippen molar-refractivity contribution in [1.82, 2.24) is 4.90 Å². The second-order valence-corrected chi connectivity index (χ2v) is 5.83. The number of carbonyl (C=O) groups is 1. The molecular formula is C11H21NO. The summed E-state index contributed by atoms with van der Waals surface area (Å²) in [5.74, 6) is 0.491. The molecule has 0 spiro atoms. The summed E-state index contributed by atoms with van der Waals surface area (Å²) in [7, 11) is 1.91. The van der Waals surface area contributed by atoms with Crippen molar-refractivity contribution in [1.29, 1.82) is 0 Å². The van der Waals surface area contributed by atoms with Gasteiger partial charge in [-0.2, -0.15) is 0 Å². The van der Waals surface area contributed by atoms with Crippen LogP contribution in [0.1, 0.15) is 41.0 Å². The molecule has 0 bridgehead atoms. The third kappa shape index (κ3) is 1.72. The van der Waals surface area contributed by atoms with Crippen LogP contribution in [0.4, 0.5) is 0 Å². The second-order valence-electron chi connectivity index (χ2n) is 5.83. The molecule has 0 aromatic carbocycles. The average Bonchev–Trinajstić information content (AvgIpc) is 2.12. The van der Waals surface area contributed by atoms with Crippen LogP contribution in [0.5, 0.6) is 0 Å². The van der Waals surface area contributed by atoms with E-state index in [-0.39, 0.29) is 16.9 Å². The first-order valence-electron chi connectivity index (χ1n) is 4.94. The molecule has 2 heteroatoms. The Hall–Kier alpha value is -0.530. The first-order chi connectivity index (χ1) is 5.66. The molecular weight excluding hydrogens is 162 g/mol. The van der Waals surface area contributed by atoms with Crippen molar-refractivity contribution in [2.45, 2.75) is 46.6 Å². The molecule has 76 valence electrons. The molecule has 1 saturated heterocycles. The Morgan fingerprint density at radius 1 is 1.38 bits per heavy atom. The van der Waals surface area contributed by atoms with Gasteiger partial charge in [-0.3, -0.25) is 4.79 Å². The molecule has 1 amide bonds. The second kappa shape index (κ2) is 2.73. The molecule has 13 heavy (non-hydrogen) atoms. The minimum atomic E-state index is 0.0367. The lowest BCUT2D eigenvalue weighted by molar-refractivity contribution is -0.134. The summed E-state index contributed by atoms with van der Waals surface area (Å²) in [6.07, 6.45) is 0.978. The van der Waals surface area contributed by atoms with Gasteiger partial charge in [0.05, 0.1) is 0 Å². The van der Waals surface area contributed by atoms with E-state index in [0.717, 1.165) is 6.42 Å². The van der Waals surface area contributed by atoms with E-state index in [0.29, 0.717) is 5.91 Å². The quantitative estimate of drug-likeness (QED) is 0.564. The Kier molecular flexibility index (Phi) is 2.21. The summed E-state index contributed by atoms with van der Waals surface area (Å²) in [6.45, 7) is 10.7. The predicted molar refractivity (Wildman–Crippen MR) is 54.4 cm³/mol. The van der Waals surface area contributed by atoms with Gasteiger partial charge in [-0.25, -0.2) is 0 Å². The predicted octanol–water partition coefficient (Wildman–Crippen LogP) is 2.29. The van der Waals surface area contributed by atoms with Crippen LogP contribution in [-0.4, -0.2) is 23.4 Å². The van der Waals surface area contributed by atoms with E-state index in [1.165, 1.54) is 0 Å². The summed E-state index contributed by atoms with van der Waals surface area (Å²) in [6, 6.07) is 0. The molecule has 0 radical (unpaired) electrons. The summed E-state index contributed by atoms with van der Waals surface area (Å²) < 4.78 is 0. The van der Waals surface area contributed by atoms with Crippen LogP contribution in [0, 0.1) is 11.3 Å². The van der Waals surface area contributed by atoms with Crippen molar-refractivity contribution in [3.8, 4) is 0 Å². The van der Waals surface area contributed by atoms with Gasteiger partial charge in [0.15, 0.2) is 0 Å². The highest BCUT2D eigenvalue weighted by molar-refractivity contribution is 5.82. The van der Waals surface area contributed by atoms with Gasteiger partial charge >= 0.3 is 0 Å². The third-order valence-electron chi connectivity index (χ3n) is 3.29. The van der Waals surface area contributed by atoms with E-state index in [2.05, 4.69) is 34.6 Å². The van der Waals surface area contributed by atoms with Crippen LogP contribution < -0.4 is 0 Å². The Bertz CT molecular complexity index is 225. The first kappa shape index (κ1) is 10.6. The molecule has 1 aliphatic heterocycles. The van der Waals surface area contributed by atoms with Gasteiger partial charge in [0, 0.05) is 18.5 Å². The fraction of sp³-hybridized carbons (Fsp3) is 0.909. The van der Waals surface area contributed by atoms with Crippen molar-refractivity contribution in [2.24, 2.45) is 11.3 Å². The zero-order valence-corrected chi connectivity index (χ0v) is 9.64. The largest absolute Gasteiger partial charge is 0.340 e. The molecule has 1 unspecified atom stereocenters. The molecule has 1 rings (SSSR count). The zero-order valence-electron chi connectivity index (χ0n) is 9.64. The van der Waals surface area contributed by atoms with Crippen LogP contribution in [0.2, 0.25) is 0 Å². The zero-order chi connectivity index (χ0) is 10.4. The number of hydrogen-bond acceptors (Lipinski definition) is 1. The van der Waals surface area contributed by atoms with E-state index in [1.807, 2.05) is 11.9 Å². The van der Waals surface area contributed by atoms with E-state index < -0.39 is 0 Å². The molecule has 1 atom stereocenters. The smallest absolute Gasteiger partial charge is 0.226 e. The lowest BCUT2D eigenvalue weighted by atomic mass is 9.77. The standard InChI is InChI=1S/C11H21NO/c1-10(2,3)8-7-11(4,5)12(6)9(8)13/h8H,7H2,1-6H3. The van der Waals surface area contributed by atoms with Gasteiger partial charge in [-0.15, -0.1) is 0 Å². The van der Waals surface area contributed by atoms with Crippen molar-refractivity contribution in [3.63, 3.8) is 0 Å². The van der Waals surface area contributed by atoms with E-state index >= 15 is 0 Å². The summed E-state index contributed by atoms with van der Waals surface area (Å²) >= 11 is 0. The molecule has 1 fully saturated rings. The molecule has 0 aromatic heterocycles. The summed E-state index contributed by atoms with van der Waals surface area (Å²) in [5.41, 5.74) is 0.133. The highest BCUT2D eigenvalue weighted by Gasteiger charge is 2.47. The van der Waals surface area contributed by atoms with Crippen LogP contribution in [0.25, 0.3) is 0 Å². The fourth-order valence-electron chi connectivity index (χ4n) is 1.93. The van der Waals surface area contributed by atoms with Gasteiger partial charge in [-0.1, -0.05) is 20.8 Å². The summed E-state index contributed by atoms with van der Waals surface area (Å²) in [4.78, 5) is 13.8. The maximum absolute atomic E-state index is 11.9. The lowest BCUT2D eigenvalue weighted by Gasteiger charge is -2.27. The Morgan fingerprint density at radius 2 is 1.85 bits per heavy atom. The molecule has 1 aliphatic rings. The van der Waals surface area contributed by atoms with Gasteiger partial charge in [0.25, 0.3) is 0 Å². The van der Waals surface area contributed by atoms with Gasteiger partial charge < -0.3 is 4.90 Å². The minimum Gasteiger partial charge on any atom is -0.340 e. The topological polar surface area (TPSA) is 20.3 Å². The summed E-state index contributed by atoms with van der Waals surface area (Å²) in [5, 5.41) is 0. The average molecular weight is 183 g/mol. The van der Waals surface area contributed by atoms with Crippen LogP contribution >= 0.6 is 0 Å². The Labute approximate surface area is 81.3 Å². The molecule has 0 saturated carbocycles. The van der Waals surface area contributed by atoms with E-state index in [9.17, 15) is 4.79 Å². The van der Waals surface area contributed by atoms with Gasteiger partial charge in [0.1, 0.15) is 0 Å². The molecule has 0 N–H and O–H groups in total. The molecule has 0 aliphatic carbocycles. The normalized spacial score (nSPS) is 28.3.